The van der Waals surface area contributed by atoms with Gasteiger partial charge in [0.2, 0.25) is 23.6 Å². The van der Waals surface area contributed by atoms with Gasteiger partial charge in [0.05, 0.1) is 35.0 Å². The maximum absolute atomic E-state index is 14.2. The number of rotatable bonds is 3. The molecule has 6 nitrogen and oxygen atoms in total. The Morgan fingerprint density at radius 2 is 1.19 bits per heavy atom. The Kier molecular flexibility index (Phi) is 5.66. The number of imide groups is 2. The second-order valence-electron chi connectivity index (χ2n) is 11.7. The van der Waals surface area contributed by atoms with Crippen molar-refractivity contribution in [2.75, 3.05) is 9.80 Å². The first-order valence-corrected chi connectivity index (χ1v) is 14.8. The number of fused-ring (bicyclic) bond motifs is 1. The highest BCUT2D eigenvalue weighted by Gasteiger charge is 2.67. The first-order chi connectivity index (χ1) is 20.3. The average Bonchev–Trinajstić information content (AvgIpc) is 3.42. The molecule has 2 bridgehead atoms. The van der Waals surface area contributed by atoms with Crippen molar-refractivity contribution in [2.24, 2.45) is 41.4 Å². The zero-order valence-corrected chi connectivity index (χ0v) is 23.7. The van der Waals surface area contributed by atoms with E-state index in [1.165, 1.54) is 9.80 Å². The van der Waals surface area contributed by atoms with Gasteiger partial charge in [-0.15, -0.1) is 0 Å². The third-order valence-electron chi connectivity index (χ3n) is 9.76. The van der Waals surface area contributed by atoms with Crippen molar-refractivity contribution in [1.29, 1.82) is 0 Å². The topological polar surface area (TPSA) is 74.8 Å². The van der Waals surface area contributed by atoms with Gasteiger partial charge in [0.15, 0.2) is 0 Å². The van der Waals surface area contributed by atoms with Crippen LogP contribution in [-0.2, 0) is 19.2 Å². The molecule has 2 heterocycles. The summed E-state index contributed by atoms with van der Waals surface area (Å²) in [6, 6.07) is 23.4. The minimum absolute atomic E-state index is 0.249. The largest absolute Gasteiger partial charge is 0.274 e. The summed E-state index contributed by atoms with van der Waals surface area (Å²) in [5.41, 5.74) is 3.87. The van der Waals surface area contributed by atoms with E-state index in [1.54, 1.807) is 48.5 Å². The van der Waals surface area contributed by atoms with E-state index in [4.69, 9.17) is 23.2 Å². The van der Waals surface area contributed by atoms with Crippen LogP contribution < -0.4 is 9.80 Å². The summed E-state index contributed by atoms with van der Waals surface area (Å²) in [6.07, 6.45) is 4.44. The Labute approximate surface area is 252 Å². The maximum atomic E-state index is 14.2. The summed E-state index contributed by atoms with van der Waals surface area (Å²) >= 11 is 12.5. The highest BCUT2D eigenvalue weighted by Crippen LogP contribution is 2.63. The monoisotopic (exact) mass is 594 g/mol. The molecule has 4 amide bonds. The van der Waals surface area contributed by atoms with Gasteiger partial charge in [-0.05, 0) is 59.9 Å². The molecule has 2 aliphatic heterocycles. The molecule has 8 heteroatoms. The molecule has 7 atom stereocenters. The van der Waals surface area contributed by atoms with Crippen molar-refractivity contribution in [3.05, 3.63) is 112 Å². The Balaban J connectivity index is 1.29. The van der Waals surface area contributed by atoms with Crippen LogP contribution in [0.1, 0.15) is 12.0 Å². The van der Waals surface area contributed by atoms with E-state index in [1.807, 2.05) is 42.5 Å². The minimum atomic E-state index is -0.638. The summed E-state index contributed by atoms with van der Waals surface area (Å²) in [7, 11) is 0. The Morgan fingerprint density at radius 1 is 0.595 bits per heavy atom. The van der Waals surface area contributed by atoms with E-state index < -0.39 is 29.6 Å². The lowest BCUT2D eigenvalue weighted by atomic mass is 9.49. The van der Waals surface area contributed by atoms with Crippen LogP contribution in [0.5, 0.6) is 0 Å². The molecular weight excluding hydrogens is 571 g/mol. The molecule has 4 aliphatic carbocycles. The smallest absolute Gasteiger partial charge is 0.238 e. The molecule has 3 fully saturated rings. The fourth-order valence-corrected chi connectivity index (χ4v) is 8.62. The molecule has 0 unspecified atom stereocenters. The van der Waals surface area contributed by atoms with Crippen molar-refractivity contribution in [3.63, 3.8) is 0 Å². The predicted molar refractivity (Wildman–Crippen MR) is 159 cm³/mol. The Bertz CT molecular complexity index is 1780. The molecule has 2 saturated heterocycles. The zero-order chi connectivity index (χ0) is 28.9. The molecule has 9 rings (SSSR count). The molecular formula is C34H24Cl2N2O4. The molecule has 6 aliphatic rings. The van der Waals surface area contributed by atoms with Crippen LogP contribution in [0, 0.1) is 41.4 Å². The standard InChI is InChI=1S/C34H24Cl2N2O4/c35-18-8-4-10-20(14-18)37-31(39)25-16-24(17-6-2-1-3-7-17)26-22-12-13-23(27(26)30(25)34(37)42)29-28(22)32(40)38(33(29)41)21-11-5-9-19(36)15-21/h1-15,22-23,25,27-30H,16H2/t22-,23-,25+,27+,28-,29+,30-/m1/s1. The first kappa shape index (κ1) is 25.7. The minimum Gasteiger partial charge on any atom is -0.274 e. The van der Waals surface area contributed by atoms with Gasteiger partial charge in [-0.2, -0.15) is 0 Å². The van der Waals surface area contributed by atoms with Gasteiger partial charge in [0, 0.05) is 21.9 Å². The van der Waals surface area contributed by atoms with E-state index in [-0.39, 0.29) is 35.5 Å². The SMILES string of the molecule is O=C1[C@H]2[C@@H]3C=C[C@H](C4=C(c5ccccc5)C[C@@H]5C(=O)N(c6cccc(Cl)c6)C(=O)[C@H]5[C@H]43)[C@H]2C(=O)N1c1cccc(Cl)c1. The average molecular weight is 595 g/mol. The van der Waals surface area contributed by atoms with E-state index >= 15 is 0 Å². The van der Waals surface area contributed by atoms with E-state index in [0.29, 0.717) is 27.8 Å². The number of hydrogen-bond acceptors (Lipinski definition) is 4. The van der Waals surface area contributed by atoms with Crippen LogP contribution >= 0.6 is 23.2 Å². The molecule has 0 N–H and O–H groups in total. The van der Waals surface area contributed by atoms with Gasteiger partial charge in [0.1, 0.15) is 0 Å². The van der Waals surface area contributed by atoms with Crippen LogP contribution in [0.3, 0.4) is 0 Å². The lowest BCUT2D eigenvalue weighted by Crippen LogP contribution is -2.51. The number of carbonyl (C=O) groups excluding carboxylic acids is 4. The zero-order valence-electron chi connectivity index (χ0n) is 22.2. The molecule has 208 valence electrons. The van der Waals surface area contributed by atoms with Gasteiger partial charge >= 0.3 is 0 Å². The Hall–Kier alpha value is -4.00. The van der Waals surface area contributed by atoms with E-state index in [9.17, 15) is 19.2 Å². The third kappa shape index (κ3) is 3.45. The van der Waals surface area contributed by atoms with Gasteiger partial charge in [-0.1, -0.05) is 83.4 Å². The maximum Gasteiger partial charge on any atom is 0.238 e. The van der Waals surface area contributed by atoms with Crippen molar-refractivity contribution < 1.29 is 19.2 Å². The fraction of sp³-hybridized carbons (Fsp3) is 0.235. The number of carbonyl (C=O) groups is 4. The summed E-state index contributed by atoms with van der Waals surface area (Å²) in [5.74, 6) is -4.63. The van der Waals surface area contributed by atoms with Crippen LogP contribution in [0.2, 0.25) is 10.0 Å². The summed E-state index contributed by atoms with van der Waals surface area (Å²) < 4.78 is 0. The molecule has 0 aromatic heterocycles. The number of amides is 4. The van der Waals surface area contributed by atoms with Crippen LogP contribution in [-0.4, -0.2) is 23.6 Å². The third-order valence-corrected chi connectivity index (χ3v) is 10.2. The van der Waals surface area contributed by atoms with E-state index in [2.05, 4.69) is 0 Å². The number of allylic oxidation sites excluding steroid dienone is 4. The van der Waals surface area contributed by atoms with E-state index in [0.717, 1.165) is 16.7 Å². The van der Waals surface area contributed by atoms with Crippen molar-refractivity contribution in [3.8, 4) is 0 Å². The second kappa shape index (κ2) is 9.25. The molecule has 1 saturated carbocycles. The molecule has 3 aromatic carbocycles. The number of hydrogen-bond donors (Lipinski definition) is 0. The predicted octanol–water partition coefficient (Wildman–Crippen LogP) is 6.19. The Morgan fingerprint density at radius 3 is 1.83 bits per heavy atom. The second-order valence-corrected chi connectivity index (χ2v) is 12.6. The molecule has 0 radical (unpaired) electrons. The molecule has 0 spiro atoms. The lowest BCUT2D eigenvalue weighted by molar-refractivity contribution is -0.129. The lowest BCUT2D eigenvalue weighted by Gasteiger charge is -2.51. The first-order valence-electron chi connectivity index (χ1n) is 14.1. The van der Waals surface area contributed by atoms with Crippen molar-refractivity contribution in [2.45, 2.75) is 6.42 Å². The number of benzene rings is 3. The molecule has 42 heavy (non-hydrogen) atoms. The number of halogens is 2. The van der Waals surface area contributed by atoms with Crippen molar-refractivity contribution in [1.82, 2.24) is 0 Å². The molecule has 3 aromatic rings. The van der Waals surface area contributed by atoms with Gasteiger partial charge in [-0.25, -0.2) is 9.80 Å². The van der Waals surface area contributed by atoms with Gasteiger partial charge < -0.3 is 0 Å². The quantitative estimate of drug-likeness (QED) is 0.267. The summed E-state index contributed by atoms with van der Waals surface area (Å²) in [4.78, 5) is 58.9. The summed E-state index contributed by atoms with van der Waals surface area (Å²) in [5, 5.41) is 0.872. The fourth-order valence-electron chi connectivity index (χ4n) is 8.26. The highest BCUT2D eigenvalue weighted by molar-refractivity contribution is 6.32. The van der Waals surface area contributed by atoms with Crippen LogP contribution in [0.25, 0.3) is 5.57 Å². The number of nitrogens with zero attached hydrogens (tertiary/aromatic N) is 2. The highest BCUT2D eigenvalue weighted by atomic mass is 35.5. The van der Waals surface area contributed by atoms with Gasteiger partial charge in [-0.3, -0.25) is 19.2 Å². The summed E-state index contributed by atoms with van der Waals surface area (Å²) in [6.45, 7) is 0. The van der Waals surface area contributed by atoms with Crippen LogP contribution in [0.4, 0.5) is 11.4 Å². The van der Waals surface area contributed by atoms with Gasteiger partial charge in [0.25, 0.3) is 0 Å². The van der Waals surface area contributed by atoms with Crippen molar-refractivity contribution >= 4 is 63.8 Å². The van der Waals surface area contributed by atoms with Crippen LogP contribution in [0.15, 0.2) is 96.6 Å². The number of anilines is 2. The normalized spacial score (nSPS) is 31.1.